The van der Waals surface area contributed by atoms with E-state index in [1.807, 2.05) is 24.3 Å². The molecule has 7 rings (SSSR count). The Kier molecular flexibility index (Phi) is 9.46. The molecule has 0 saturated heterocycles. The fraction of sp³-hybridized carbons (Fsp3) is 0.214. The molecule has 0 spiro atoms. The van der Waals surface area contributed by atoms with Crippen molar-refractivity contribution in [2.75, 3.05) is 13.2 Å². The molecule has 1 aliphatic rings. The molecule has 1 atom stereocenters. The molecule has 7 nitrogen and oxygen atoms in total. The van der Waals surface area contributed by atoms with Gasteiger partial charge in [-0.1, -0.05) is 153 Å². The minimum absolute atomic E-state index is 0.0609. The molecule has 5 aromatic carbocycles. The van der Waals surface area contributed by atoms with Gasteiger partial charge >= 0.3 is 0 Å². The van der Waals surface area contributed by atoms with E-state index in [0.717, 1.165) is 70.5 Å². The van der Waals surface area contributed by atoms with Gasteiger partial charge in [0.15, 0.2) is 5.54 Å². The van der Waals surface area contributed by atoms with Crippen LogP contribution in [0.15, 0.2) is 151 Å². The number of benzene rings is 5. The van der Waals surface area contributed by atoms with Crippen LogP contribution in [0.1, 0.15) is 48.9 Å². The van der Waals surface area contributed by atoms with Crippen molar-refractivity contribution >= 4 is 0 Å². The smallest absolute Gasteiger partial charge is 0.205 e. The maximum Gasteiger partial charge on any atom is 0.205 e. The lowest BCUT2D eigenvalue weighted by Gasteiger charge is -2.34. The van der Waals surface area contributed by atoms with Crippen LogP contribution in [0.25, 0.3) is 22.5 Å². The first kappa shape index (κ1) is 32.2. The number of hydrogen-bond acceptors (Lipinski definition) is 6. The van der Waals surface area contributed by atoms with Crippen molar-refractivity contribution in [1.29, 1.82) is 0 Å². The summed E-state index contributed by atoms with van der Waals surface area (Å²) in [7, 11) is 0. The Hall–Kier alpha value is -5.37. The second kappa shape index (κ2) is 14.4. The maximum atomic E-state index is 10.2. The number of aliphatic hydroxyl groups excluding tert-OH is 1. The number of aromatic nitrogens is 4. The Labute approximate surface area is 288 Å². The zero-order chi connectivity index (χ0) is 33.6. The molecule has 1 aliphatic heterocycles. The number of tetrazole rings is 1. The molecule has 7 heteroatoms. The summed E-state index contributed by atoms with van der Waals surface area (Å²) in [6.45, 7) is 5.27. The fourth-order valence-corrected chi connectivity index (χ4v) is 7.12. The van der Waals surface area contributed by atoms with Gasteiger partial charge in [-0.2, -0.15) is 0 Å². The predicted octanol–water partition coefficient (Wildman–Crippen LogP) is 7.65. The quantitative estimate of drug-likeness (QED) is 0.133. The Morgan fingerprint density at radius 1 is 0.714 bits per heavy atom. The average Bonchev–Trinajstić information content (AvgIpc) is 3.77. The zero-order valence-corrected chi connectivity index (χ0v) is 28.1. The lowest BCUT2D eigenvalue weighted by molar-refractivity contribution is 0.179. The van der Waals surface area contributed by atoms with Crippen LogP contribution in [0.2, 0.25) is 0 Å². The molecule has 246 valence electrons. The van der Waals surface area contributed by atoms with Crippen LogP contribution in [0.4, 0.5) is 0 Å². The van der Waals surface area contributed by atoms with Gasteiger partial charge in [-0.25, -0.2) is 5.01 Å². The second-order valence-electron chi connectivity index (χ2n) is 12.6. The zero-order valence-electron chi connectivity index (χ0n) is 28.1. The Balaban J connectivity index is 1.25. The Bertz CT molecular complexity index is 1910. The molecule has 0 saturated carbocycles. The van der Waals surface area contributed by atoms with Crippen LogP contribution >= 0.6 is 0 Å². The van der Waals surface area contributed by atoms with Gasteiger partial charge in [-0.3, -0.25) is 0 Å². The van der Waals surface area contributed by atoms with Crippen molar-refractivity contribution in [2.24, 2.45) is 0 Å². The van der Waals surface area contributed by atoms with Crippen LogP contribution in [-0.4, -0.2) is 49.5 Å². The van der Waals surface area contributed by atoms with E-state index in [2.05, 4.69) is 140 Å². The van der Waals surface area contributed by atoms with Gasteiger partial charge in [-0.05, 0) is 63.9 Å². The van der Waals surface area contributed by atoms with Gasteiger partial charge in [0.1, 0.15) is 0 Å². The lowest BCUT2D eigenvalue weighted by Crippen LogP contribution is -2.41. The van der Waals surface area contributed by atoms with Gasteiger partial charge in [0.05, 0.1) is 12.6 Å². The van der Waals surface area contributed by atoms with E-state index in [1.54, 1.807) is 4.80 Å². The molecule has 1 aromatic heterocycles. The number of allylic oxidation sites excluding steroid dienone is 1. The van der Waals surface area contributed by atoms with Crippen molar-refractivity contribution in [3.8, 4) is 22.5 Å². The van der Waals surface area contributed by atoms with Crippen molar-refractivity contribution < 1.29 is 5.11 Å². The SMILES string of the molecule is CCCCN1NC(C)=C(CO)C1Cc1ccc(-c2ccccc2-c2nnn(C(c3ccccc3)(c3ccccc3)c3ccccc3)n2)cc1. The van der Waals surface area contributed by atoms with Crippen molar-refractivity contribution in [3.63, 3.8) is 0 Å². The number of nitrogens with one attached hydrogen (secondary N) is 1. The standard InChI is InChI=1S/C42H42N6O/c1-3-4-28-47-40(39(30-49)31(2)44-47)29-32-24-26-33(27-25-32)37-22-14-15-23-38(37)41-43-46-48(45-41)42(34-16-8-5-9-17-34,35-18-10-6-11-19-35)36-20-12-7-13-21-36/h5-27,40,44,49H,3-4,28-30H2,1-2H3. The molecule has 2 N–H and O–H groups in total. The molecule has 6 aromatic rings. The van der Waals surface area contributed by atoms with E-state index >= 15 is 0 Å². The minimum atomic E-state index is -0.841. The summed E-state index contributed by atoms with van der Waals surface area (Å²) in [6, 6.07) is 48.3. The van der Waals surface area contributed by atoms with E-state index in [1.165, 1.54) is 5.56 Å². The minimum Gasteiger partial charge on any atom is -0.392 e. The molecule has 0 amide bonds. The molecule has 49 heavy (non-hydrogen) atoms. The molecule has 0 fully saturated rings. The Morgan fingerprint density at radius 2 is 1.27 bits per heavy atom. The summed E-state index contributed by atoms with van der Waals surface area (Å²) in [5.74, 6) is 0.559. The summed E-state index contributed by atoms with van der Waals surface area (Å²) in [6.07, 6.45) is 3.05. The Morgan fingerprint density at radius 3 is 1.82 bits per heavy atom. The van der Waals surface area contributed by atoms with Crippen molar-refractivity contribution in [3.05, 3.63) is 173 Å². The number of hydrogen-bond donors (Lipinski definition) is 2. The predicted molar refractivity (Wildman–Crippen MR) is 195 cm³/mol. The molecular weight excluding hydrogens is 605 g/mol. The van der Waals surface area contributed by atoms with Gasteiger partial charge in [-0.15, -0.1) is 15.0 Å². The second-order valence-corrected chi connectivity index (χ2v) is 12.6. The third-order valence-electron chi connectivity index (χ3n) is 9.64. The lowest BCUT2D eigenvalue weighted by atomic mass is 9.77. The first-order chi connectivity index (χ1) is 24.1. The normalized spacial score (nSPS) is 15.0. The van der Waals surface area contributed by atoms with Crippen LogP contribution in [0, 0.1) is 0 Å². The number of unbranched alkanes of at least 4 members (excludes halogenated alkanes) is 1. The molecular formula is C42H42N6O. The molecule has 2 heterocycles. The largest absolute Gasteiger partial charge is 0.392 e. The van der Waals surface area contributed by atoms with Crippen LogP contribution < -0.4 is 5.43 Å². The molecule has 1 unspecified atom stereocenters. The number of hydrazine groups is 1. The summed E-state index contributed by atoms with van der Waals surface area (Å²) in [5, 5.41) is 27.1. The van der Waals surface area contributed by atoms with Gasteiger partial charge in [0, 0.05) is 17.8 Å². The van der Waals surface area contributed by atoms with Crippen LogP contribution in [0.3, 0.4) is 0 Å². The number of rotatable bonds is 12. The van der Waals surface area contributed by atoms with E-state index in [4.69, 9.17) is 15.4 Å². The third kappa shape index (κ3) is 6.19. The van der Waals surface area contributed by atoms with Crippen molar-refractivity contribution in [2.45, 2.75) is 44.7 Å². The third-order valence-corrected chi connectivity index (χ3v) is 9.64. The van der Waals surface area contributed by atoms with E-state index in [-0.39, 0.29) is 12.6 Å². The summed E-state index contributed by atoms with van der Waals surface area (Å²) >= 11 is 0. The van der Waals surface area contributed by atoms with Crippen LogP contribution in [0.5, 0.6) is 0 Å². The average molecular weight is 647 g/mol. The highest BCUT2D eigenvalue weighted by Gasteiger charge is 2.41. The maximum absolute atomic E-state index is 10.2. The first-order valence-electron chi connectivity index (χ1n) is 17.1. The number of aliphatic hydroxyl groups is 1. The number of nitrogens with zero attached hydrogens (tertiary/aromatic N) is 5. The van der Waals surface area contributed by atoms with Crippen LogP contribution in [-0.2, 0) is 12.0 Å². The first-order valence-corrected chi connectivity index (χ1v) is 17.1. The highest BCUT2D eigenvalue weighted by Crippen LogP contribution is 2.40. The molecule has 0 bridgehead atoms. The summed E-state index contributed by atoms with van der Waals surface area (Å²) < 4.78 is 0. The van der Waals surface area contributed by atoms with E-state index in [0.29, 0.717) is 5.82 Å². The molecule has 0 aliphatic carbocycles. The van der Waals surface area contributed by atoms with E-state index < -0.39 is 5.54 Å². The molecule has 0 radical (unpaired) electrons. The van der Waals surface area contributed by atoms with Crippen molar-refractivity contribution in [1.82, 2.24) is 30.6 Å². The topological polar surface area (TPSA) is 79.1 Å². The highest BCUT2D eigenvalue weighted by molar-refractivity contribution is 5.80. The highest BCUT2D eigenvalue weighted by atomic mass is 16.3. The van der Waals surface area contributed by atoms with E-state index in [9.17, 15) is 5.11 Å². The summed E-state index contributed by atoms with van der Waals surface area (Å²) in [5.41, 5.74) is 12.2. The fourth-order valence-electron chi connectivity index (χ4n) is 7.12. The van der Waals surface area contributed by atoms with Gasteiger partial charge in [0.25, 0.3) is 0 Å². The van der Waals surface area contributed by atoms with Gasteiger partial charge in [0.2, 0.25) is 5.82 Å². The monoisotopic (exact) mass is 646 g/mol. The van der Waals surface area contributed by atoms with Gasteiger partial charge < -0.3 is 10.5 Å². The summed E-state index contributed by atoms with van der Waals surface area (Å²) in [4.78, 5) is 1.77.